The lowest BCUT2D eigenvalue weighted by Gasteiger charge is -2.37. The summed E-state index contributed by atoms with van der Waals surface area (Å²) in [7, 11) is 1.97. The van der Waals surface area contributed by atoms with Gasteiger partial charge in [-0.3, -0.25) is 9.48 Å². The normalized spacial score (nSPS) is 24.7. The zero-order chi connectivity index (χ0) is 14.0. The van der Waals surface area contributed by atoms with Crippen molar-refractivity contribution in [2.24, 2.45) is 24.3 Å². The lowest BCUT2D eigenvalue weighted by atomic mass is 9.68. The number of aromatic nitrogens is 2. The quantitative estimate of drug-likeness (QED) is 0.837. The third-order valence-electron chi connectivity index (χ3n) is 4.66. The summed E-state index contributed by atoms with van der Waals surface area (Å²) < 4.78 is 1.91. The fraction of sp³-hybridized carbons (Fsp3) is 0.750. The number of nitrogens with zero attached hydrogens (tertiary/aromatic N) is 2. The average molecular weight is 262 g/mol. The van der Waals surface area contributed by atoms with Crippen LogP contribution in [0.25, 0.3) is 0 Å². The van der Waals surface area contributed by atoms with Gasteiger partial charge in [0.05, 0.1) is 0 Å². The van der Waals surface area contributed by atoms with Crippen LogP contribution in [0.15, 0.2) is 12.3 Å². The number of hydrogen-bond donors (Lipinski definition) is 0. The minimum absolute atomic E-state index is 0.257. The number of ketones is 1. The van der Waals surface area contributed by atoms with Crippen LogP contribution < -0.4 is 0 Å². The molecule has 0 spiro atoms. The predicted octanol–water partition coefficient (Wildman–Crippen LogP) is 3.38. The number of hydrogen-bond acceptors (Lipinski definition) is 2. The van der Waals surface area contributed by atoms with E-state index in [1.54, 1.807) is 0 Å². The third-order valence-corrected chi connectivity index (χ3v) is 4.66. The molecule has 1 saturated carbocycles. The van der Waals surface area contributed by atoms with E-state index in [9.17, 15) is 4.79 Å². The van der Waals surface area contributed by atoms with Crippen LogP contribution in [0.2, 0.25) is 0 Å². The Labute approximate surface area is 116 Å². The van der Waals surface area contributed by atoms with Gasteiger partial charge in [0.2, 0.25) is 0 Å². The van der Waals surface area contributed by atoms with Gasteiger partial charge in [0.1, 0.15) is 5.78 Å². The number of carbonyl (C=O) groups is 1. The van der Waals surface area contributed by atoms with Crippen LogP contribution in [0.5, 0.6) is 0 Å². The molecule has 1 aromatic heterocycles. The summed E-state index contributed by atoms with van der Waals surface area (Å²) in [4.78, 5) is 12.1. The van der Waals surface area contributed by atoms with E-state index in [0.29, 0.717) is 17.1 Å². The molecule has 106 valence electrons. The van der Waals surface area contributed by atoms with E-state index >= 15 is 0 Å². The predicted molar refractivity (Wildman–Crippen MR) is 76.8 cm³/mol. The molecule has 2 atom stereocenters. The van der Waals surface area contributed by atoms with Crippen LogP contribution in [-0.4, -0.2) is 15.6 Å². The molecule has 1 heterocycles. The molecule has 3 heteroatoms. The smallest absolute Gasteiger partial charge is 0.136 e. The molecular formula is C16H26N2O. The van der Waals surface area contributed by atoms with Crippen molar-refractivity contribution in [3.8, 4) is 0 Å². The van der Waals surface area contributed by atoms with E-state index in [4.69, 9.17) is 0 Å². The van der Waals surface area contributed by atoms with E-state index in [0.717, 1.165) is 32.1 Å². The molecule has 2 rings (SSSR count). The molecule has 1 aliphatic rings. The van der Waals surface area contributed by atoms with Crippen molar-refractivity contribution in [2.75, 3.05) is 0 Å². The Morgan fingerprint density at radius 2 is 2.16 bits per heavy atom. The van der Waals surface area contributed by atoms with Gasteiger partial charge in [-0.2, -0.15) is 5.10 Å². The summed E-state index contributed by atoms with van der Waals surface area (Å²) in [5, 5.41) is 4.19. The van der Waals surface area contributed by atoms with Gasteiger partial charge in [0.25, 0.3) is 0 Å². The molecule has 0 radical (unpaired) electrons. The van der Waals surface area contributed by atoms with Gasteiger partial charge >= 0.3 is 0 Å². The van der Waals surface area contributed by atoms with E-state index < -0.39 is 0 Å². The number of Topliss-reactive ketones (excluding diaryl/α,β-unsaturated/α-hetero) is 1. The summed E-state index contributed by atoms with van der Waals surface area (Å²) in [6.07, 6.45) is 6.69. The molecule has 0 aromatic carbocycles. The maximum absolute atomic E-state index is 12.1. The molecule has 0 aliphatic heterocycles. The summed E-state index contributed by atoms with van der Waals surface area (Å²) in [6.45, 7) is 6.89. The number of rotatable bonds is 3. The van der Waals surface area contributed by atoms with Gasteiger partial charge in [0.15, 0.2) is 0 Å². The van der Waals surface area contributed by atoms with Gasteiger partial charge in [-0.05, 0) is 43.1 Å². The fourth-order valence-electron chi connectivity index (χ4n) is 3.15. The molecule has 1 aromatic rings. The lowest BCUT2D eigenvalue weighted by Crippen LogP contribution is -2.32. The van der Waals surface area contributed by atoms with E-state index in [2.05, 4.69) is 31.9 Å². The van der Waals surface area contributed by atoms with Crippen molar-refractivity contribution in [3.05, 3.63) is 18.0 Å². The average Bonchev–Trinajstić information content (AvgIpc) is 2.72. The molecule has 1 fully saturated rings. The topological polar surface area (TPSA) is 34.9 Å². The number of aryl methyl sites for hydroxylation is 2. The molecule has 3 nitrogen and oxygen atoms in total. The Bertz CT molecular complexity index is 442. The summed E-state index contributed by atoms with van der Waals surface area (Å²) in [5.74, 6) is 1.41. The van der Waals surface area contributed by atoms with Crippen molar-refractivity contribution in [1.82, 2.24) is 9.78 Å². The highest BCUT2D eigenvalue weighted by Crippen LogP contribution is 2.40. The zero-order valence-corrected chi connectivity index (χ0v) is 12.6. The maximum atomic E-state index is 12.1. The second-order valence-corrected chi connectivity index (χ2v) is 6.99. The lowest BCUT2D eigenvalue weighted by molar-refractivity contribution is -0.126. The van der Waals surface area contributed by atoms with Gasteiger partial charge < -0.3 is 0 Å². The van der Waals surface area contributed by atoms with Crippen LogP contribution in [0, 0.1) is 17.3 Å². The zero-order valence-electron chi connectivity index (χ0n) is 12.6. The second kappa shape index (κ2) is 5.48. The highest BCUT2D eigenvalue weighted by Gasteiger charge is 2.34. The fourth-order valence-corrected chi connectivity index (χ4v) is 3.15. The first-order chi connectivity index (χ1) is 8.88. The molecule has 2 unspecified atom stereocenters. The SMILES string of the molecule is Cn1nccc1CCC1CC(C(C)(C)C)CCC1=O. The molecule has 0 N–H and O–H groups in total. The van der Waals surface area contributed by atoms with Crippen molar-refractivity contribution >= 4 is 5.78 Å². The number of carbonyl (C=O) groups excluding carboxylic acids is 1. The minimum atomic E-state index is 0.257. The molecule has 1 aliphatic carbocycles. The van der Waals surface area contributed by atoms with Gasteiger partial charge in [0, 0.05) is 31.3 Å². The second-order valence-electron chi connectivity index (χ2n) is 6.99. The maximum Gasteiger partial charge on any atom is 0.136 e. The molecule has 0 bridgehead atoms. The van der Waals surface area contributed by atoms with Crippen molar-refractivity contribution in [1.29, 1.82) is 0 Å². The molecular weight excluding hydrogens is 236 g/mol. The molecule has 0 amide bonds. The summed E-state index contributed by atoms with van der Waals surface area (Å²) in [5.41, 5.74) is 1.55. The highest BCUT2D eigenvalue weighted by atomic mass is 16.1. The van der Waals surface area contributed by atoms with Crippen LogP contribution in [0.3, 0.4) is 0 Å². The molecule has 19 heavy (non-hydrogen) atoms. The van der Waals surface area contributed by atoms with Gasteiger partial charge in [-0.15, -0.1) is 0 Å². The van der Waals surface area contributed by atoms with Crippen molar-refractivity contribution in [3.63, 3.8) is 0 Å². The monoisotopic (exact) mass is 262 g/mol. The summed E-state index contributed by atoms with van der Waals surface area (Å²) >= 11 is 0. The Kier molecular flexibility index (Phi) is 4.12. The Hall–Kier alpha value is -1.12. The minimum Gasteiger partial charge on any atom is -0.299 e. The van der Waals surface area contributed by atoms with Crippen LogP contribution in [0.1, 0.15) is 52.1 Å². The van der Waals surface area contributed by atoms with Gasteiger partial charge in [-0.25, -0.2) is 0 Å². The van der Waals surface area contributed by atoms with Crippen LogP contribution >= 0.6 is 0 Å². The Morgan fingerprint density at radius 1 is 1.42 bits per heavy atom. The first-order valence-electron chi connectivity index (χ1n) is 7.37. The molecule has 0 saturated heterocycles. The largest absolute Gasteiger partial charge is 0.299 e. The third kappa shape index (κ3) is 3.46. The van der Waals surface area contributed by atoms with E-state index in [1.165, 1.54) is 5.69 Å². The van der Waals surface area contributed by atoms with E-state index in [-0.39, 0.29) is 5.92 Å². The van der Waals surface area contributed by atoms with Crippen molar-refractivity contribution < 1.29 is 4.79 Å². The van der Waals surface area contributed by atoms with Crippen molar-refractivity contribution in [2.45, 2.75) is 52.9 Å². The van der Waals surface area contributed by atoms with Gasteiger partial charge in [-0.1, -0.05) is 20.8 Å². The first kappa shape index (κ1) is 14.3. The van der Waals surface area contributed by atoms with Crippen LogP contribution in [0.4, 0.5) is 0 Å². The highest BCUT2D eigenvalue weighted by molar-refractivity contribution is 5.81. The van der Waals surface area contributed by atoms with Crippen LogP contribution in [-0.2, 0) is 18.3 Å². The summed E-state index contributed by atoms with van der Waals surface area (Å²) in [6, 6.07) is 2.05. The van der Waals surface area contributed by atoms with E-state index in [1.807, 2.05) is 17.9 Å². The first-order valence-corrected chi connectivity index (χ1v) is 7.37. The standard InChI is InChI=1S/C16H26N2O/c1-16(2,3)13-6-8-15(19)12(11-13)5-7-14-9-10-17-18(14)4/h9-10,12-13H,5-8,11H2,1-4H3. The Morgan fingerprint density at radius 3 is 2.74 bits per heavy atom. The Balaban J connectivity index is 1.95.